The predicted octanol–water partition coefficient (Wildman–Crippen LogP) is 1.80. The molecule has 5 nitrogen and oxygen atoms in total. The number of thioether (sulfide) groups is 1. The van der Waals surface area contributed by atoms with Gasteiger partial charge in [-0.3, -0.25) is 0 Å². The number of fused-ring (bicyclic) bond motifs is 1. The molecule has 1 aliphatic heterocycles. The number of hydrogen-bond acceptors (Lipinski definition) is 4. The van der Waals surface area contributed by atoms with Crippen LogP contribution in [-0.4, -0.2) is 22.2 Å². The van der Waals surface area contributed by atoms with E-state index in [0.29, 0.717) is 10.6 Å². The largest absolute Gasteiger partial charge is 0.478 e. The van der Waals surface area contributed by atoms with Crippen molar-refractivity contribution in [3.05, 3.63) is 34.9 Å². The molecule has 1 aliphatic rings. The van der Waals surface area contributed by atoms with E-state index >= 15 is 0 Å². The van der Waals surface area contributed by atoms with Gasteiger partial charge in [-0.1, -0.05) is 17.8 Å². The summed E-state index contributed by atoms with van der Waals surface area (Å²) in [5.41, 5.74) is 0.0364. The summed E-state index contributed by atoms with van der Waals surface area (Å²) < 4.78 is 5.06. The van der Waals surface area contributed by atoms with Gasteiger partial charge in [-0.15, -0.1) is 0 Å². The summed E-state index contributed by atoms with van der Waals surface area (Å²) in [5, 5.41) is 17.7. The minimum Gasteiger partial charge on any atom is -0.478 e. The van der Waals surface area contributed by atoms with Crippen molar-refractivity contribution in [3.63, 3.8) is 0 Å². The number of carbonyl (C=O) groups is 2. The van der Waals surface area contributed by atoms with Gasteiger partial charge in [0.05, 0.1) is 10.5 Å². The van der Waals surface area contributed by atoms with E-state index in [2.05, 4.69) is 0 Å². The number of aliphatic carboxylic acids is 1. The molecule has 0 unspecified atom stereocenters. The maximum atomic E-state index is 10.9. The Bertz CT molecular complexity index is 506. The monoisotopic (exact) mass is 238 g/mol. The van der Waals surface area contributed by atoms with Crippen molar-refractivity contribution >= 4 is 23.7 Å². The highest BCUT2D eigenvalue weighted by Gasteiger charge is 2.23. The SMILES string of the molecule is O=C(O)C1=COc2cccc(C(=O)O)c2S1. The fourth-order valence-corrected chi connectivity index (χ4v) is 2.11. The fourth-order valence-electron chi connectivity index (χ4n) is 1.23. The highest BCUT2D eigenvalue weighted by Crippen LogP contribution is 2.40. The van der Waals surface area contributed by atoms with E-state index in [1.165, 1.54) is 6.07 Å². The molecule has 0 saturated carbocycles. The highest BCUT2D eigenvalue weighted by molar-refractivity contribution is 8.04. The van der Waals surface area contributed by atoms with E-state index in [1.54, 1.807) is 12.1 Å². The van der Waals surface area contributed by atoms with Crippen LogP contribution in [0.4, 0.5) is 0 Å². The first-order valence-electron chi connectivity index (χ1n) is 4.24. The van der Waals surface area contributed by atoms with Crippen LogP contribution in [0.5, 0.6) is 5.75 Å². The molecule has 1 heterocycles. The van der Waals surface area contributed by atoms with Gasteiger partial charge < -0.3 is 14.9 Å². The van der Waals surface area contributed by atoms with Gasteiger partial charge in [-0.05, 0) is 12.1 Å². The van der Waals surface area contributed by atoms with Crippen molar-refractivity contribution in [1.29, 1.82) is 0 Å². The fraction of sp³-hybridized carbons (Fsp3) is 0. The van der Waals surface area contributed by atoms with Crippen LogP contribution in [-0.2, 0) is 4.79 Å². The van der Waals surface area contributed by atoms with Crippen LogP contribution >= 0.6 is 11.8 Å². The van der Waals surface area contributed by atoms with Crippen molar-refractivity contribution in [2.75, 3.05) is 0 Å². The third-order valence-corrected chi connectivity index (χ3v) is 3.04. The molecule has 1 aromatic rings. The second kappa shape index (κ2) is 3.90. The number of rotatable bonds is 2. The Morgan fingerprint density at radius 3 is 2.56 bits per heavy atom. The highest BCUT2D eigenvalue weighted by atomic mass is 32.2. The number of ether oxygens (including phenoxy) is 1. The second-order valence-corrected chi connectivity index (χ2v) is 4.00. The van der Waals surface area contributed by atoms with E-state index in [1.807, 2.05) is 0 Å². The van der Waals surface area contributed by atoms with E-state index in [9.17, 15) is 9.59 Å². The van der Waals surface area contributed by atoms with Gasteiger partial charge in [0, 0.05) is 0 Å². The molecule has 2 rings (SSSR count). The Balaban J connectivity index is 2.47. The van der Waals surface area contributed by atoms with Crippen molar-refractivity contribution < 1.29 is 24.5 Å². The van der Waals surface area contributed by atoms with Gasteiger partial charge in [0.1, 0.15) is 16.9 Å². The Labute approximate surface area is 94.3 Å². The molecule has 0 aliphatic carbocycles. The molecule has 0 fully saturated rings. The Morgan fingerprint density at radius 1 is 1.19 bits per heavy atom. The van der Waals surface area contributed by atoms with Crippen molar-refractivity contribution in [3.8, 4) is 5.75 Å². The third-order valence-electron chi connectivity index (χ3n) is 1.93. The van der Waals surface area contributed by atoms with Gasteiger partial charge in [-0.25, -0.2) is 9.59 Å². The van der Waals surface area contributed by atoms with Crippen LogP contribution in [0.3, 0.4) is 0 Å². The Morgan fingerprint density at radius 2 is 1.94 bits per heavy atom. The maximum absolute atomic E-state index is 10.9. The molecule has 82 valence electrons. The smallest absolute Gasteiger partial charge is 0.345 e. The van der Waals surface area contributed by atoms with E-state index in [4.69, 9.17) is 14.9 Å². The van der Waals surface area contributed by atoms with Crippen molar-refractivity contribution in [1.82, 2.24) is 0 Å². The molecule has 0 bridgehead atoms. The van der Waals surface area contributed by atoms with Crippen LogP contribution in [0.2, 0.25) is 0 Å². The number of aromatic carboxylic acids is 1. The first-order valence-corrected chi connectivity index (χ1v) is 5.05. The lowest BCUT2D eigenvalue weighted by molar-refractivity contribution is -0.131. The zero-order chi connectivity index (χ0) is 11.7. The van der Waals surface area contributed by atoms with Gasteiger partial charge >= 0.3 is 11.9 Å². The van der Waals surface area contributed by atoms with Gasteiger partial charge in [0.15, 0.2) is 0 Å². The average molecular weight is 238 g/mol. The van der Waals surface area contributed by atoms with E-state index in [-0.39, 0.29) is 10.5 Å². The molecule has 0 amide bonds. The summed E-state index contributed by atoms with van der Waals surface area (Å²) in [4.78, 5) is 21.9. The minimum absolute atomic E-state index is 0.0364. The summed E-state index contributed by atoms with van der Waals surface area (Å²) in [5.74, 6) is -1.90. The second-order valence-electron chi connectivity index (χ2n) is 2.95. The molecule has 16 heavy (non-hydrogen) atoms. The zero-order valence-electron chi connectivity index (χ0n) is 7.84. The number of carboxylic acids is 2. The molecule has 2 N–H and O–H groups in total. The lowest BCUT2D eigenvalue weighted by atomic mass is 10.2. The molecule has 0 aromatic heterocycles. The molecular weight excluding hydrogens is 232 g/mol. The molecule has 1 aromatic carbocycles. The molecule has 0 spiro atoms. The Kier molecular flexibility index (Phi) is 2.57. The summed E-state index contributed by atoms with van der Waals surface area (Å²) in [7, 11) is 0. The Hall–Kier alpha value is -1.95. The van der Waals surface area contributed by atoms with Crippen LogP contribution in [0.25, 0.3) is 0 Å². The first kappa shape index (κ1) is 10.6. The van der Waals surface area contributed by atoms with E-state index in [0.717, 1.165) is 18.0 Å². The lowest BCUT2D eigenvalue weighted by Gasteiger charge is -2.15. The molecule has 0 atom stereocenters. The standard InChI is InChI=1S/C10H6O5S/c11-9(12)5-2-1-3-6-8(5)16-7(4-15-6)10(13)14/h1-4H,(H,11,12)(H,13,14). The van der Waals surface area contributed by atoms with Gasteiger partial charge in [0.25, 0.3) is 0 Å². The van der Waals surface area contributed by atoms with Crippen LogP contribution < -0.4 is 4.74 Å². The summed E-state index contributed by atoms with van der Waals surface area (Å²) in [6, 6.07) is 4.54. The normalized spacial score (nSPS) is 13.4. The lowest BCUT2D eigenvalue weighted by Crippen LogP contribution is -2.07. The first-order chi connectivity index (χ1) is 7.59. The quantitative estimate of drug-likeness (QED) is 0.817. The number of carboxylic acid groups (broad SMARTS) is 2. The van der Waals surface area contributed by atoms with Crippen LogP contribution in [0.1, 0.15) is 10.4 Å². The number of benzene rings is 1. The third kappa shape index (κ3) is 1.74. The van der Waals surface area contributed by atoms with E-state index < -0.39 is 11.9 Å². The van der Waals surface area contributed by atoms with Gasteiger partial charge in [0.2, 0.25) is 0 Å². The topological polar surface area (TPSA) is 83.8 Å². The maximum Gasteiger partial charge on any atom is 0.345 e. The summed E-state index contributed by atoms with van der Waals surface area (Å²) in [6.07, 6.45) is 1.10. The molecule has 0 saturated heterocycles. The minimum atomic E-state index is -1.14. The average Bonchev–Trinajstić information content (AvgIpc) is 2.27. The van der Waals surface area contributed by atoms with Crippen LogP contribution in [0.15, 0.2) is 34.3 Å². The molecular formula is C10H6O5S. The van der Waals surface area contributed by atoms with Crippen molar-refractivity contribution in [2.45, 2.75) is 4.90 Å². The van der Waals surface area contributed by atoms with Crippen molar-refractivity contribution in [2.24, 2.45) is 0 Å². The molecule has 0 radical (unpaired) electrons. The predicted molar refractivity (Wildman–Crippen MR) is 55.6 cm³/mol. The number of hydrogen-bond donors (Lipinski definition) is 2. The summed E-state index contributed by atoms with van der Waals surface area (Å²) in [6.45, 7) is 0. The molecule has 6 heteroatoms. The summed E-state index contributed by atoms with van der Waals surface area (Å²) >= 11 is 0.876. The zero-order valence-corrected chi connectivity index (χ0v) is 8.65. The van der Waals surface area contributed by atoms with Gasteiger partial charge in [-0.2, -0.15) is 0 Å². The van der Waals surface area contributed by atoms with Crippen LogP contribution in [0, 0.1) is 0 Å².